The lowest BCUT2D eigenvalue weighted by molar-refractivity contribution is -0.351. The summed E-state index contributed by atoms with van der Waals surface area (Å²) >= 11 is 0. The van der Waals surface area contributed by atoms with E-state index in [1.807, 2.05) is 30.3 Å². The Hall–Kier alpha value is -0.980. The van der Waals surface area contributed by atoms with Crippen molar-refractivity contribution < 1.29 is 23.7 Å². The minimum Gasteiger partial charge on any atom is -0.378 e. The first kappa shape index (κ1) is 14.9. The first-order valence-corrected chi connectivity index (χ1v) is 7.27. The van der Waals surface area contributed by atoms with Crippen molar-refractivity contribution in [1.29, 1.82) is 0 Å². The molecule has 0 spiro atoms. The maximum absolute atomic E-state index is 6.12. The van der Waals surface area contributed by atoms with Gasteiger partial charge in [-0.05, 0) is 0 Å². The molecule has 6 atom stereocenters. The highest BCUT2D eigenvalue weighted by atomic mass is 16.7. The fraction of sp³-hybridized carbons (Fsp3) is 0.625. The zero-order valence-electron chi connectivity index (χ0n) is 12.6. The highest BCUT2D eigenvalue weighted by Crippen LogP contribution is 2.37. The molecule has 0 amide bonds. The third-order valence-corrected chi connectivity index (χ3v) is 4.22. The van der Waals surface area contributed by atoms with Crippen molar-refractivity contribution in [2.75, 3.05) is 20.8 Å². The van der Waals surface area contributed by atoms with Gasteiger partial charge in [-0.15, -0.1) is 0 Å². The van der Waals surface area contributed by atoms with Gasteiger partial charge in [0.05, 0.1) is 12.7 Å². The second kappa shape index (κ2) is 6.42. The molecule has 0 bridgehead atoms. The lowest BCUT2D eigenvalue weighted by atomic mass is 9.91. The van der Waals surface area contributed by atoms with Crippen LogP contribution in [0.3, 0.4) is 0 Å². The Kier molecular flexibility index (Phi) is 4.57. The molecule has 5 heteroatoms. The topological polar surface area (TPSA) is 46.2 Å². The Morgan fingerprint density at radius 3 is 2.48 bits per heavy atom. The van der Waals surface area contributed by atoms with E-state index in [2.05, 4.69) is 6.92 Å². The molecule has 0 N–H and O–H groups in total. The number of hydrogen-bond acceptors (Lipinski definition) is 5. The van der Waals surface area contributed by atoms with Gasteiger partial charge in [-0.25, -0.2) is 0 Å². The second-order valence-electron chi connectivity index (χ2n) is 5.51. The molecule has 0 radical (unpaired) electrons. The van der Waals surface area contributed by atoms with Crippen LogP contribution in [0.4, 0.5) is 0 Å². The van der Waals surface area contributed by atoms with E-state index in [1.165, 1.54) is 0 Å². The SMILES string of the molecule is CO[C@@H]1O[C@@H]2CO[C@@H](c3ccccc3)O[C@H]2[C@H](OC)[C@@H]1C. The van der Waals surface area contributed by atoms with E-state index >= 15 is 0 Å². The molecular weight excluding hydrogens is 272 g/mol. The summed E-state index contributed by atoms with van der Waals surface area (Å²) in [5.74, 6) is 0.0933. The van der Waals surface area contributed by atoms with Gasteiger partial charge in [-0.1, -0.05) is 37.3 Å². The zero-order valence-corrected chi connectivity index (χ0v) is 12.6. The summed E-state index contributed by atoms with van der Waals surface area (Å²) < 4.78 is 28.9. The first-order chi connectivity index (χ1) is 10.2. The van der Waals surface area contributed by atoms with Gasteiger partial charge >= 0.3 is 0 Å². The summed E-state index contributed by atoms with van der Waals surface area (Å²) in [7, 11) is 3.35. The number of methoxy groups -OCH3 is 2. The van der Waals surface area contributed by atoms with Gasteiger partial charge in [0.15, 0.2) is 12.6 Å². The van der Waals surface area contributed by atoms with Crippen LogP contribution < -0.4 is 0 Å². The van der Waals surface area contributed by atoms with Crippen LogP contribution in [-0.4, -0.2) is 45.4 Å². The predicted molar refractivity (Wildman–Crippen MR) is 75.6 cm³/mol. The van der Waals surface area contributed by atoms with E-state index < -0.39 is 0 Å². The molecule has 2 aliphatic heterocycles. The Bertz CT molecular complexity index is 451. The van der Waals surface area contributed by atoms with Crippen molar-refractivity contribution >= 4 is 0 Å². The van der Waals surface area contributed by atoms with Crippen molar-refractivity contribution in [2.24, 2.45) is 5.92 Å². The molecule has 0 unspecified atom stereocenters. The van der Waals surface area contributed by atoms with Gasteiger partial charge in [0, 0.05) is 25.7 Å². The van der Waals surface area contributed by atoms with E-state index in [4.69, 9.17) is 23.7 Å². The van der Waals surface area contributed by atoms with E-state index in [-0.39, 0.29) is 36.8 Å². The number of ether oxygens (including phenoxy) is 5. The fourth-order valence-electron chi connectivity index (χ4n) is 3.11. The zero-order chi connectivity index (χ0) is 14.8. The average molecular weight is 294 g/mol. The molecule has 2 heterocycles. The Morgan fingerprint density at radius 1 is 1.05 bits per heavy atom. The van der Waals surface area contributed by atoms with Gasteiger partial charge in [0.25, 0.3) is 0 Å². The lowest BCUT2D eigenvalue weighted by Gasteiger charge is -2.47. The Balaban J connectivity index is 1.77. The second-order valence-corrected chi connectivity index (χ2v) is 5.51. The molecule has 3 rings (SSSR count). The summed E-state index contributed by atoms with van der Waals surface area (Å²) in [5, 5.41) is 0. The van der Waals surface area contributed by atoms with Crippen molar-refractivity contribution in [3.63, 3.8) is 0 Å². The molecule has 5 nitrogen and oxygen atoms in total. The monoisotopic (exact) mass is 294 g/mol. The van der Waals surface area contributed by atoms with Crippen LogP contribution in [0.25, 0.3) is 0 Å². The normalized spacial score (nSPS) is 39.8. The molecule has 2 saturated heterocycles. The van der Waals surface area contributed by atoms with Crippen molar-refractivity contribution in [2.45, 2.75) is 37.8 Å². The minimum absolute atomic E-state index is 0.0798. The molecule has 116 valence electrons. The third kappa shape index (κ3) is 2.84. The van der Waals surface area contributed by atoms with Crippen molar-refractivity contribution in [3.05, 3.63) is 35.9 Å². The number of hydrogen-bond donors (Lipinski definition) is 0. The van der Waals surface area contributed by atoms with E-state index in [1.54, 1.807) is 14.2 Å². The summed E-state index contributed by atoms with van der Waals surface area (Å²) in [6, 6.07) is 9.92. The van der Waals surface area contributed by atoms with Crippen LogP contribution in [0.5, 0.6) is 0 Å². The van der Waals surface area contributed by atoms with Gasteiger partial charge < -0.3 is 23.7 Å². The molecule has 1 aromatic rings. The highest BCUT2D eigenvalue weighted by Gasteiger charge is 2.48. The van der Waals surface area contributed by atoms with Crippen LogP contribution >= 0.6 is 0 Å². The summed E-state index contributed by atoms with van der Waals surface area (Å²) in [6.45, 7) is 2.52. The van der Waals surface area contributed by atoms with Crippen LogP contribution in [0.2, 0.25) is 0 Å². The van der Waals surface area contributed by atoms with Crippen LogP contribution in [0, 0.1) is 5.92 Å². The number of fused-ring (bicyclic) bond motifs is 1. The third-order valence-electron chi connectivity index (χ3n) is 4.22. The van der Waals surface area contributed by atoms with E-state index in [0.717, 1.165) is 5.56 Å². The molecular formula is C16H22O5. The maximum Gasteiger partial charge on any atom is 0.184 e. The van der Waals surface area contributed by atoms with Crippen LogP contribution in [0.15, 0.2) is 30.3 Å². The highest BCUT2D eigenvalue weighted by molar-refractivity contribution is 5.16. The quantitative estimate of drug-likeness (QED) is 0.854. The lowest BCUT2D eigenvalue weighted by Crippen LogP contribution is -2.59. The average Bonchev–Trinajstić information content (AvgIpc) is 2.54. The smallest absolute Gasteiger partial charge is 0.184 e. The van der Waals surface area contributed by atoms with Crippen LogP contribution in [0.1, 0.15) is 18.8 Å². The number of benzene rings is 1. The van der Waals surface area contributed by atoms with Gasteiger partial charge in [0.2, 0.25) is 0 Å². The fourth-order valence-corrected chi connectivity index (χ4v) is 3.11. The molecule has 0 aliphatic carbocycles. The van der Waals surface area contributed by atoms with E-state index in [0.29, 0.717) is 6.61 Å². The molecule has 2 aliphatic rings. The maximum atomic E-state index is 6.12. The first-order valence-electron chi connectivity index (χ1n) is 7.27. The van der Waals surface area contributed by atoms with Gasteiger partial charge in [0.1, 0.15) is 12.2 Å². The Morgan fingerprint density at radius 2 is 1.81 bits per heavy atom. The molecule has 2 fully saturated rings. The van der Waals surface area contributed by atoms with Gasteiger partial charge in [-0.3, -0.25) is 0 Å². The van der Waals surface area contributed by atoms with Crippen LogP contribution in [-0.2, 0) is 23.7 Å². The summed E-state index contributed by atoms with van der Waals surface area (Å²) in [4.78, 5) is 0. The summed E-state index contributed by atoms with van der Waals surface area (Å²) in [6.07, 6.45) is -1.08. The largest absolute Gasteiger partial charge is 0.378 e. The van der Waals surface area contributed by atoms with Gasteiger partial charge in [-0.2, -0.15) is 0 Å². The predicted octanol–water partition coefficient (Wildman–Crippen LogP) is 2.12. The molecule has 21 heavy (non-hydrogen) atoms. The standard InChI is InChI=1S/C16H22O5/c1-10-13(17-2)14-12(20-15(10)18-3)9-19-16(21-14)11-7-5-4-6-8-11/h4-8,10,12-16H,9H2,1-3H3/t10-,12+,13+,14+,15+,16+/m0/s1. The molecule has 0 aromatic heterocycles. The summed E-state index contributed by atoms with van der Waals surface area (Å²) in [5.41, 5.74) is 1.01. The Labute approximate surface area is 125 Å². The minimum atomic E-state index is -0.375. The van der Waals surface area contributed by atoms with Crippen molar-refractivity contribution in [1.82, 2.24) is 0 Å². The number of rotatable bonds is 3. The molecule has 0 saturated carbocycles. The molecule has 1 aromatic carbocycles. The van der Waals surface area contributed by atoms with E-state index in [9.17, 15) is 0 Å². The van der Waals surface area contributed by atoms with Crippen molar-refractivity contribution in [3.8, 4) is 0 Å².